The monoisotopic (exact) mass is 361 g/mol. The van der Waals surface area contributed by atoms with E-state index in [0.717, 1.165) is 5.56 Å². The van der Waals surface area contributed by atoms with E-state index < -0.39 is 11.7 Å². The van der Waals surface area contributed by atoms with Gasteiger partial charge in [-0.2, -0.15) is 0 Å². The Kier molecular flexibility index (Phi) is 6.55. The zero-order valence-electron chi connectivity index (χ0n) is 15.3. The summed E-state index contributed by atoms with van der Waals surface area (Å²) >= 11 is 0. The van der Waals surface area contributed by atoms with Gasteiger partial charge in [0.25, 0.3) is 0 Å². The molecule has 0 radical (unpaired) electrons. The largest absolute Gasteiger partial charge is 0.458 e. The number of rotatable bonds is 7. The number of furan rings is 1. The lowest BCUT2D eigenvalue weighted by Crippen LogP contribution is -2.33. The predicted octanol–water partition coefficient (Wildman–Crippen LogP) is 4.50. The molecule has 2 aromatic rings. The fourth-order valence-electron chi connectivity index (χ4n) is 2.30. The third kappa shape index (κ3) is 6.70. The van der Waals surface area contributed by atoms with E-state index >= 15 is 0 Å². The van der Waals surface area contributed by atoms with Gasteiger partial charge in [-0.3, -0.25) is 4.79 Å². The normalized spacial score (nSPS) is 11.2. The smallest absolute Gasteiger partial charge is 0.407 e. The maximum absolute atomic E-state index is 12.9. The summed E-state index contributed by atoms with van der Waals surface area (Å²) in [5.41, 5.74) is 0.357. The van der Waals surface area contributed by atoms with Crippen LogP contribution in [0.15, 0.2) is 40.8 Å². The van der Waals surface area contributed by atoms with Crippen molar-refractivity contribution in [2.75, 3.05) is 6.54 Å². The summed E-state index contributed by atoms with van der Waals surface area (Å²) in [7, 11) is 0. The van der Waals surface area contributed by atoms with Crippen molar-refractivity contribution in [2.24, 2.45) is 0 Å². The quantitative estimate of drug-likeness (QED) is 0.582. The van der Waals surface area contributed by atoms with E-state index in [0.29, 0.717) is 30.9 Å². The molecule has 1 amide bonds. The van der Waals surface area contributed by atoms with Crippen LogP contribution in [0, 0.1) is 5.82 Å². The minimum absolute atomic E-state index is 0.124. The zero-order valence-corrected chi connectivity index (χ0v) is 15.3. The van der Waals surface area contributed by atoms with Crippen LogP contribution in [0.1, 0.15) is 55.5 Å². The van der Waals surface area contributed by atoms with E-state index in [4.69, 9.17) is 9.15 Å². The Balaban J connectivity index is 1.75. The fraction of sp³-hybridized carbons (Fsp3) is 0.400. The lowest BCUT2D eigenvalue weighted by molar-refractivity contribution is 0.0525. The van der Waals surface area contributed by atoms with Gasteiger partial charge in [0.15, 0.2) is 11.5 Å². The standard InChI is InChI=1S/C20H24FNO4/c1-20(2,3)26-19(24)22-12-4-5-17(23)18-11-10-16(25-18)13-14-6-8-15(21)9-7-14/h6-11H,4-5,12-13H2,1-3H3,(H,22,24). The Morgan fingerprint density at radius 2 is 1.81 bits per heavy atom. The molecule has 0 atom stereocenters. The number of ether oxygens (including phenoxy) is 1. The molecule has 1 aromatic carbocycles. The summed E-state index contributed by atoms with van der Waals surface area (Å²) in [5.74, 6) is 0.525. The molecule has 0 aliphatic carbocycles. The third-order valence-corrected chi connectivity index (χ3v) is 3.48. The van der Waals surface area contributed by atoms with E-state index in [1.54, 1.807) is 45.0 Å². The van der Waals surface area contributed by atoms with Crippen LogP contribution in [0.2, 0.25) is 0 Å². The number of ketones is 1. The molecule has 1 N–H and O–H groups in total. The number of amides is 1. The van der Waals surface area contributed by atoms with Gasteiger partial charge in [0.05, 0.1) is 0 Å². The van der Waals surface area contributed by atoms with Crippen LogP contribution in [0.5, 0.6) is 0 Å². The SMILES string of the molecule is CC(C)(C)OC(=O)NCCCC(=O)c1ccc(Cc2ccc(F)cc2)o1. The topological polar surface area (TPSA) is 68.5 Å². The van der Waals surface area contributed by atoms with Gasteiger partial charge in [0, 0.05) is 19.4 Å². The first-order chi connectivity index (χ1) is 12.2. The fourth-order valence-corrected chi connectivity index (χ4v) is 2.30. The highest BCUT2D eigenvalue weighted by Crippen LogP contribution is 2.15. The second-order valence-corrected chi connectivity index (χ2v) is 7.02. The third-order valence-electron chi connectivity index (χ3n) is 3.48. The zero-order chi connectivity index (χ0) is 19.2. The van der Waals surface area contributed by atoms with Gasteiger partial charge >= 0.3 is 6.09 Å². The Bertz CT molecular complexity index is 744. The second kappa shape index (κ2) is 8.65. The lowest BCUT2D eigenvalue weighted by atomic mass is 10.1. The maximum atomic E-state index is 12.9. The summed E-state index contributed by atoms with van der Waals surface area (Å²) in [6, 6.07) is 9.53. The maximum Gasteiger partial charge on any atom is 0.407 e. The molecule has 6 heteroatoms. The summed E-state index contributed by atoms with van der Waals surface area (Å²) < 4.78 is 23.6. The molecule has 0 unspecified atom stereocenters. The van der Waals surface area contributed by atoms with E-state index in [2.05, 4.69) is 5.32 Å². The Morgan fingerprint density at radius 1 is 1.12 bits per heavy atom. The number of halogens is 1. The average molecular weight is 361 g/mol. The van der Waals surface area contributed by atoms with Gasteiger partial charge in [-0.1, -0.05) is 12.1 Å². The number of hydrogen-bond donors (Lipinski definition) is 1. The van der Waals surface area contributed by atoms with Crippen LogP contribution in [-0.4, -0.2) is 24.0 Å². The Labute approximate surface area is 152 Å². The number of hydrogen-bond acceptors (Lipinski definition) is 4. The molecule has 0 spiro atoms. The molecule has 2 rings (SSSR count). The second-order valence-electron chi connectivity index (χ2n) is 7.02. The van der Waals surface area contributed by atoms with Crippen LogP contribution in [-0.2, 0) is 11.2 Å². The van der Waals surface area contributed by atoms with Gasteiger partial charge in [-0.15, -0.1) is 0 Å². The number of alkyl carbamates (subject to hydrolysis) is 1. The van der Waals surface area contributed by atoms with E-state index in [1.807, 2.05) is 0 Å². The van der Waals surface area contributed by atoms with Crippen LogP contribution in [0.4, 0.5) is 9.18 Å². The summed E-state index contributed by atoms with van der Waals surface area (Å²) in [6.45, 7) is 5.72. The molecule has 0 aliphatic rings. The molecule has 1 heterocycles. The first-order valence-electron chi connectivity index (χ1n) is 8.56. The van der Waals surface area contributed by atoms with Crippen molar-refractivity contribution in [3.63, 3.8) is 0 Å². The summed E-state index contributed by atoms with van der Waals surface area (Å²) in [5, 5.41) is 2.61. The molecule has 0 saturated heterocycles. The molecule has 0 aliphatic heterocycles. The van der Waals surface area contributed by atoms with Gasteiger partial charge < -0.3 is 14.5 Å². The highest BCUT2D eigenvalue weighted by Gasteiger charge is 2.16. The summed E-state index contributed by atoms with van der Waals surface area (Å²) in [6.07, 6.45) is 0.753. The highest BCUT2D eigenvalue weighted by molar-refractivity contribution is 5.93. The van der Waals surface area contributed by atoms with Crippen molar-refractivity contribution in [3.05, 3.63) is 59.3 Å². The Morgan fingerprint density at radius 3 is 2.46 bits per heavy atom. The van der Waals surface area contributed by atoms with E-state index in [9.17, 15) is 14.0 Å². The van der Waals surface area contributed by atoms with Gasteiger partial charge in [0.2, 0.25) is 0 Å². The van der Waals surface area contributed by atoms with Crippen molar-refractivity contribution in [3.8, 4) is 0 Å². The molecular weight excluding hydrogens is 337 g/mol. The Hall–Kier alpha value is -2.63. The van der Waals surface area contributed by atoms with Crippen LogP contribution in [0.3, 0.4) is 0 Å². The molecule has 0 bridgehead atoms. The average Bonchev–Trinajstić information content (AvgIpc) is 3.00. The van der Waals surface area contributed by atoms with Crippen molar-refractivity contribution in [1.29, 1.82) is 0 Å². The van der Waals surface area contributed by atoms with Crippen molar-refractivity contribution in [2.45, 2.75) is 45.6 Å². The lowest BCUT2D eigenvalue weighted by Gasteiger charge is -2.19. The van der Waals surface area contributed by atoms with Gasteiger partial charge in [-0.25, -0.2) is 9.18 Å². The molecular formula is C20H24FNO4. The molecule has 140 valence electrons. The molecule has 1 aromatic heterocycles. The number of carbonyl (C=O) groups is 2. The summed E-state index contributed by atoms with van der Waals surface area (Å²) in [4.78, 5) is 23.7. The number of nitrogens with one attached hydrogen (secondary N) is 1. The van der Waals surface area contributed by atoms with Crippen molar-refractivity contribution < 1.29 is 23.1 Å². The van der Waals surface area contributed by atoms with E-state index in [1.165, 1.54) is 12.1 Å². The first kappa shape index (κ1) is 19.7. The van der Waals surface area contributed by atoms with Gasteiger partial charge in [-0.05, 0) is 57.0 Å². The minimum atomic E-state index is -0.547. The number of Topliss-reactive ketones (excluding diaryl/α,β-unsaturated/α-hetero) is 1. The van der Waals surface area contributed by atoms with Gasteiger partial charge in [0.1, 0.15) is 17.2 Å². The molecule has 5 nitrogen and oxygen atoms in total. The minimum Gasteiger partial charge on any atom is -0.458 e. The highest BCUT2D eigenvalue weighted by atomic mass is 19.1. The molecule has 0 saturated carbocycles. The van der Waals surface area contributed by atoms with Crippen molar-refractivity contribution >= 4 is 11.9 Å². The van der Waals surface area contributed by atoms with Crippen LogP contribution < -0.4 is 5.32 Å². The van der Waals surface area contributed by atoms with Crippen molar-refractivity contribution in [1.82, 2.24) is 5.32 Å². The number of benzene rings is 1. The first-order valence-corrected chi connectivity index (χ1v) is 8.56. The molecule has 26 heavy (non-hydrogen) atoms. The molecule has 0 fully saturated rings. The van der Waals surface area contributed by atoms with Crippen LogP contribution in [0.25, 0.3) is 0 Å². The van der Waals surface area contributed by atoms with E-state index in [-0.39, 0.29) is 18.0 Å². The van der Waals surface area contributed by atoms with Crippen LogP contribution >= 0.6 is 0 Å². The predicted molar refractivity (Wildman–Crippen MR) is 95.7 cm³/mol. The number of carbonyl (C=O) groups excluding carboxylic acids is 2.